The fraction of sp³-hybridized carbons (Fsp3) is 0.364. The lowest BCUT2D eigenvalue weighted by molar-refractivity contribution is 0.129. The zero-order valence-electron chi connectivity index (χ0n) is 8.73. The lowest BCUT2D eigenvalue weighted by Gasteiger charge is -2.28. The van der Waals surface area contributed by atoms with E-state index in [0.29, 0.717) is 19.1 Å². The molecule has 1 unspecified atom stereocenters. The highest BCUT2D eigenvalue weighted by atomic mass is 16.5. The molecule has 0 amide bonds. The van der Waals surface area contributed by atoms with Crippen molar-refractivity contribution in [1.29, 1.82) is 0 Å². The van der Waals surface area contributed by atoms with E-state index < -0.39 is 0 Å². The van der Waals surface area contributed by atoms with Crippen LogP contribution in [0.2, 0.25) is 0 Å². The highest BCUT2D eigenvalue weighted by molar-refractivity contribution is 5.81. The largest absolute Gasteiger partial charge is 0.382 e. The summed E-state index contributed by atoms with van der Waals surface area (Å²) in [6.45, 7) is 1.18. The quantitative estimate of drug-likeness (QED) is 0.753. The minimum Gasteiger partial charge on any atom is -0.382 e. The van der Waals surface area contributed by atoms with Gasteiger partial charge in [0.25, 0.3) is 0 Å². The van der Waals surface area contributed by atoms with Gasteiger partial charge in [-0.1, -0.05) is 30.3 Å². The van der Waals surface area contributed by atoms with Crippen molar-refractivity contribution in [3.05, 3.63) is 35.9 Å². The molecule has 15 heavy (non-hydrogen) atoms. The maximum Gasteiger partial charge on any atom is 0.189 e. The summed E-state index contributed by atoms with van der Waals surface area (Å²) in [5.41, 5.74) is 6.52. The van der Waals surface area contributed by atoms with Crippen molar-refractivity contribution in [2.75, 3.05) is 20.3 Å². The predicted octanol–water partition coefficient (Wildman–Crippen LogP) is 0.446. The Morgan fingerprint density at radius 3 is 2.73 bits per heavy atom. The smallest absolute Gasteiger partial charge is 0.189 e. The summed E-state index contributed by atoms with van der Waals surface area (Å²) < 4.78 is 5.24. The molecule has 0 spiro atoms. The molecule has 0 bridgehead atoms. The fourth-order valence-corrected chi connectivity index (χ4v) is 1.88. The number of hydrogen-bond donors (Lipinski definition) is 2. The molecule has 1 aliphatic rings. The first-order chi connectivity index (χ1) is 7.27. The third-order valence-electron chi connectivity index (χ3n) is 2.60. The Balaban J connectivity index is 2.29. The van der Waals surface area contributed by atoms with E-state index in [1.54, 1.807) is 7.11 Å². The van der Waals surface area contributed by atoms with Crippen molar-refractivity contribution < 1.29 is 4.74 Å². The number of hydrogen-bond acceptors (Lipinski definition) is 4. The number of nitrogens with one attached hydrogen (secondary N) is 1. The van der Waals surface area contributed by atoms with Crippen LogP contribution in [0.15, 0.2) is 35.3 Å². The summed E-state index contributed by atoms with van der Waals surface area (Å²) in [6.07, 6.45) is 0. The van der Waals surface area contributed by atoms with Crippen LogP contribution in [0.4, 0.5) is 0 Å². The summed E-state index contributed by atoms with van der Waals surface area (Å²) in [5.74, 6) is 0.482. The summed E-state index contributed by atoms with van der Waals surface area (Å²) in [7, 11) is 1.68. The van der Waals surface area contributed by atoms with Gasteiger partial charge in [0.1, 0.15) is 5.54 Å². The van der Waals surface area contributed by atoms with E-state index in [2.05, 4.69) is 22.4 Å². The van der Waals surface area contributed by atoms with Gasteiger partial charge in [-0.25, -0.2) is 0 Å². The van der Waals surface area contributed by atoms with Crippen molar-refractivity contribution in [1.82, 2.24) is 5.32 Å². The third kappa shape index (κ3) is 1.80. The van der Waals surface area contributed by atoms with Gasteiger partial charge in [-0.15, -0.1) is 0 Å². The molecule has 80 valence electrons. The number of methoxy groups -OCH3 is 1. The molecular formula is C11H15N3O. The number of aliphatic imine (C=N–C) groups is 1. The second-order valence-corrected chi connectivity index (χ2v) is 3.71. The van der Waals surface area contributed by atoms with Gasteiger partial charge in [-0.3, -0.25) is 4.99 Å². The van der Waals surface area contributed by atoms with Crippen LogP contribution in [0, 0.1) is 0 Å². The molecule has 0 aromatic heterocycles. The van der Waals surface area contributed by atoms with Gasteiger partial charge in [-0.05, 0) is 5.56 Å². The van der Waals surface area contributed by atoms with Gasteiger partial charge in [0.15, 0.2) is 5.96 Å². The van der Waals surface area contributed by atoms with Crippen molar-refractivity contribution in [2.45, 2.75) is 5.54 Å². The average Bonchev–Trinajstić information content (AvgIpc) is 2.63. The molecule has 1 aliphatic heterocycles. The zero-order valence-corrected chi connectivity index (χ0v) is 8.73. The van der Waals surface area contributed by atoms with E-state index in [9.17, 15) is 0 Å². The summed E-state index contributed by atoms with van der Waals surface area (Å²) >= 11 is 0. The molecule has 1 heterocycles. The maximum absolute atomic E-state index is 5.66. The standard InChI is InChI=1S/C11H15N3O/c1-15-8-11(7-13-10(12)14-11)9-5-3-2-4-6-9/h2-6H,7-8H2,1H3,(H3,12,13,14). The highest BCUT2D eigenvalue weighted by Gasteiger charge is 2.36. The summed E-state index contributed by atoms with van der Waals surface area (Å²) in [4.78, 5) is 4.19. The molecule has 1 aromatic carbocycles. The first-order valence-electron chi connectivity index (χ1n) is 4.89. The maximum atomic E-state index is 5.66. The molecule has 1 atom stereocenters. The van der Waals surface area contributed by atoms with Crippen LogP contribution in [0.25, 0.3) is 0 Å². The average molecular weight is 205 g/mol. The molecule has 2 rings (SSSR count). The Labute approximate surface area is 89.1 Å². The number of ether oxygens (including phenoxy) is 1. The Bertz CT molecular complexity index is 363. The summed E-state index contributed by atoms with van der Waals surface area (Å²) in [6, 6.07) is 10.1. The lowest BCUT2D eigenvalue weighted by atomic mass is 9.91. The topological polar surface area (TPSA) is 59.6 Å². The third-order valence-corrected chi connectivity index (χ3v) is 2.60. The van der Waals surface area contributed by atoms with Gasteiger partial charge in [0.05, 0.1) is 13.2 Å². The van der Waals surface area contributed by atoms with Gasteiger partial charge in [-0.2, -0.15) is 0 Å². The first-order valence-corrected chi connectivity index (χ1v) is 4.89. The minimum atomic E-state index is -0.292. The Morgan fingerprint density at radius 2 is 2.20 bits per heavy atom. The molecule has 0 aliphatic carbocycles. The molecule has 0 saturated carbocycles. The molecule has 3 N–H and O–H groups in total. The molecule has 4 heteroatoms. The normalized spacial score (nSPS) is 24.7. The summed E-state index contributed by atoms with van der Waals surface area (Å²) in [5, 5.41) is 3.19. The van der Waals surface area contributed by atoms with Gasteiger partial charge in [0.2, 0.25) is 0 Å². The molecule has 0 radical (unpaired) electrons. The van der Waals surface area contributed by atoms with E-state index in [1.807, 2.05) is 18.2 Å². The highest BCUT2D eigenvalue weighted by Crippen LogP contribution is 2.24. The molecule has 4 nitrogen and oxygen atoms in total. The van der Waals surface area contributed by atoms with Gasteiger partial charge in [0, 0.05) is 7.11 Å². The molecule has 0 fully saturated rings. The molecule has 0 saturated heterocycles. The number of benzene rings is 1. The first kappa shape index (κ1) is 9.98. The van der Waals surface area contributed by atoms with Crippen molar-refractivity contribution in [3.63, 3.8) is 0 Å². The predicted molar refractivity (Wildman–Crippen MR) is 59.6 cm³/mol. The SMILES string of the molecule is COCC1(c2ccccc2)CN=C(N)N1. The second-order valence-electron chi connectivity index (χ2n) is 3.71. The Morgan fingerprint density at radius 1 is 1.47 bits per heavy atom. The Kier molecular flexibility index (Phi) is 2.60. The molecular weight excluding hydrogens is 190 g/mol. The fourth-order valence-electron chi connectivity index (χ4n) is 1.88. The van der Waals surface area contributed by atoms with Crippen molar-refractivity contribution in [2.24, 2.45) is 10.7 Å². The van der Waals surface area contributed by atoms with Gasteiger partial charge >= 0.3 is 0 Å². The number of rotatable bonds is 3. The van der Waals surface area contributed by atoms with Crippen LogP contribution in [0.5, 0.6) is 0 Å². The van der Waals surface area contributed by atoms with Crippen LogP contribution in [0.1, 0.15) is 5.56 Å². The van der Waals surface area contributed by atoms with Crippen LogP contribution in [-0.2, 0) is 10.3 Å². The number of guanidine groups is 1. The number of nitrogens with two attached hydrogens (primary N) is 1. The van der Waals surface area contributed by atoms with Crippen molar-refractivity contribution >= 4 is 5.96 Å². The van der Waals surface area contributed by atoms with E-state index in [-0.39, 0.29) is 5.54 Å². The lowest BCUT2D eigenvalue weighted by Crippen LogP contribution is -2.48. The minimum absolute atomic E-state index is 0.292. The zero-order chi connectivity index (χ0) is 10.7. The molecule has 1 aromatic rings. The van der Waals surface area contributed by atoms with Crippen LogP contribution >= 0.6 is 0 Å². The van der Waals surface area contributed by atoms with Gasteiger partial charge < -0.3 is 15.8 Å². The van der Waals surface area contributed by atoms with E-state index >= 15 is 0 Å². The monoisotopic (exact) mass is 205 g/mol. The van der Waals surface area contributed by atoms with E-state index in [4.69, 9.17) is 10.5 Å². The van der Waals surface area contributed by atoms with Crippen LogP contribution in [0.3, 0.4) is 0 Å². The van der Waals surface area contributed by atoms with E-state index in [1.165, 1.54) is 0 Å². The Hall–Kier alpha value is -1.55. The number of nitrogens with zero attached hydrogens (tertiary/aromatic N) is 1. The van der Waals surface area contributed by atoms with E-state index in [0.717, 1.165) is 5.56 Å². The van der Waals surface area contributed by atoms with Crippen LogP contribution in [-0.4, -0.2) is 26.2 Å². The second kappa shape index (κ2) is 3.90. The van der Waals surface area contributed by atoms with Crippen molar-refractivity contribution in [3.8, 4) is 0 Å². The van der Waals surface area contributed by atoms with Crippen LogP contribution < -0.4 is 11.1 Å².